The molecule has 3 saturated heterocycles. The summed E-state index contributed by atoms with van der Waals surface area (Å²) in [4.78, 5) is 24.8. The van der Waals surface area contributed by atoms with Gasteiger partial charge in [-0.15, -0.1) is 0 Å². The lowest BCUT2D eigenvalue weighted by molar-refractivity contribution is -0.543. The zero-order valence-corrected chi connectivity index (χ0v) is 14.9. The van der Waals surface area contributed by atoms with Crippen LogP contribution in [0.1, 0.15) is 33.6 Å². The summed E-state index contributed by atoms with van der Waals surface area (Å²) in [5, 5.41) is 10.9. The number of Topliss-reactive ketones (excluding diaryl/α,β-unsaturated/α-hetero) is 1. The van der Waals surface area contributed by atoms with Crippen molar-refractivity contribution in [3.63, 3.8) is 0 Å². The van der Waals surface area contributed by atoms with Crippen molar-refractivity contribution in [3.05, 3.63) is 34.9 Å². The Bertz CT molecular complexity index is 752. The van der Waals surface area contributed by atoms with Crippen LogP contribution in [0.2, 0.25) is 0 Å². The molecule has 0 aromatic heterocycles. The highest BCUT2D eigenvalue weighted by atomic mass is 17.3. The van der Waals surface area contributed by atoms with Crippen molar-refractivity contribution in [2.75, 3.05) is 6.61 Å². The highest BCUT2D eigenvalue weighted by Crippen LogP contribution is 2.65. The Balaban J connectivity index is 1.80. The second kappa shape index (κ2) is 4.71. The fraction of sp³-hybridized carbons (Fsp3) is 0.650. The molecule has 1 saturated carbocycles. The molecule has 3 aliphatic heterocycles. The van der Waals surface area contributed by atoms with Crippen LogP contribution in [0.3, 0.4) is 0 Å². The summed E-state index contributed by atoms with van der Waals surface area (Å²) in [6, 6.07) is 0. The van der Waals surface area contributed by atoms with Gasteiger partial charge in [-0.05, 0) is 44.1 Å². The molecule has 0 aromatic rings. The summed E-state index contributed by atoms with van der Waals surface area (Å²) < 4.78 is 6.16. The molecule has 134 valence electrons. The Labute approximate surface area is 147 Å². The highest BCUT2D eigenvalue weighted by Gasteiger charge is 2.72. The smallest absolute Gasteiger partial charge is 0.230 e. The maximum atomic E-state index is 13.1. The minimum Gasteiger partial charge on any atom is -0.388 e. The SMILES string of the molecule is C=C(C)[C@H]1CC[C@@]23CO[C@@]4(OO2)C2=C(C(=O)C(C)=C[C@H]1[C@H]23)[C@@H](O)[C@H]4C. The third kappa shape index (κ3) is 1.66. The van der Waals surface area contributed by atoms with Gasteiger partial charge in [-0.1, -0.05) is 25.2 Å². The van der Waals surface area contributed by atoms with E-state index >= 15 is 0 Å². The number of allylic oxidation sites excluding steroid dienone is 3. The number of ether oxygens (including phenoxy) is 1. The van der Waals surface area contributed by atoms with Gasteiger partial charge < -0.3 is 9.84 Å². The molecule has 25 heavy (non-hydrogen) atoms. The van der Waals surface area contributed by atoms with Gasteiger partial charge in [0.05, 0.1) is 12.7 Å². The summed E-state index contributed by atoms with van der Waals surface area (Å²) in [5.74, 6) is -1.20. The largest absolute Gasteiger partial charge is 0.388 e. The monoisotopic (exact) mass is 344 g/mol. The van der Waals surface area contributed by atoms with Crippen molar-refractivity contribution >= 4 is 5.78 Å². The van der Waals surface area contributed by atoms with Gasteiger partial charge in [0.2, 0.25) is 5.79 Å². The molecule has 7 atom stereocenters. The zero-order valence-electron chi connectivity index (χ0n) is 14.9. The van der Waals surface area contributed by atoms with E-state index in [-0.39, 0.29) is 23.5 Å². The molecule has 0 radical (unpaired) electrons. The molecule has 5 nitrogen and oxygen atoms in total. The van der Waals surface area contributed by atoms with Crippen LogP contribution in [0.4, 0.5) is 0 Å². The van der Waals surface area contributed by atoms with E-state index in [9.17, 15) is 9.90 Å². The van der Waals surface area contributed by atoms with E-state index in [0.29, 0.717) is 23.7 Å². The number of fused-ring (bicyclic) bond motifs is 2. The number of aliphatic hydroxyl groups is 1. The number of hydrogen-bond acceptors (Lipinski definition) is 5. The fourth-order valence-electron chi connectivity index (χ4n) is 5.85. The number of rotatable bonds is 1. The van der Waals surface area contributed by atoms with E-state index in [4.69, 9.17) is 14.5 Å². The fourth-order valence-corrected chi connectivity index (χ4v) is 5.85. The van der Waals surface area contributed by atoms with Gasteiger partial charge in [0.15, 0.2) is 5.78 Å². The Morgan fingerprint density at radius 3 is 2.80 bits per heavy atom. The van der Waals surface area contributed by atoms with Crippen molar-refractivity contribution in [3.8, 4) is 0 Å². The van der Waals surface area contributed by atoms with Crippen LogP contribution in [0.5, 0.6) is 0 Å². The van der Waals surface area contributed by atoms with Crippen LogP contribution >= 0.6 is 0 Å². The minimum atomic E-state index is -1.13. The minimum absolute atomic E-state index is 0.0125. The van der Waals surface area contributed by atoms with Gasteiger partial charge in [0.25, 0.3) is 0 Å². The first-order valence-corrected chi connectivity index (χ1v) is 9.14. The van der Waals surface area contributed by atoms with Crippen LogP contribution in [0.25, 0.3) is 0 Å². The maximum absolute atomic E-state index is 13.1. The Morgan fingerprint density at radius 1 is 1.40 bits per heavy atom. The Morgan fingerprint density at radius 2 is 2.16 bits per heavy atom. The van der Waals surface area contributed by atoms with Crippen LogP contribution < -0.4 is 0 Å². The van der Waals surface area contributed by atoms with Crippen molar-refractivity contribution in [1.82, 2.24) is 0 Å². The molecule has 0 amide bonds. The summed E-state index contributed by atoms with van der Waals surface area (Å²) in [6.45, 7) is 10.4. The number of carbonyl (C=O) groups is 1. The van der Waals surface area contributed by atoms with E-state index in [0.717, 1.165) is 24.0 Å². The Hall–Kier alpha value is -1.27. The summed E-state index contributed by atoms with van der Waals surface area (Å²) in [6.07, 6.45) is 2.91. The quantitative estimate of drug-likeness (QED) is 0.585. The van der Waals surface area contributed by atoms with Crippen LogP contribution in [0, 0.1) is 23.7 Å². The van der Waals surface area contributed by atoms with Gasteiger partial charge in [0.1, 0.15) is 5.60 Å². The molecule has 1 N–H and O–H groups in total. The van der Waals surface area contributed by atoms with Gasteiger partial charge in [-0.25, -0.2) is 4.89 Å². The van der Waals surface area contributed by atoms with Crippen molar-refractivity contribution < 1.29 is 24.4 Å². The van der Waals surface area contributed by atoms with E-state index in [1.807, 2.05) is 13.8 Å². The maximum Gasteiger partial charge on any atom is 0.230 e. The second-order valence-corrected chi connectivity index (χ2v) is 8.47. The molecule has 6 aliphatic rings. The molecular formula is C20H24O5. The average Bonchev–Trinajstić information content (AvgIpc) is 2.73. The first-order valence-electron chi connectivity index (χ1n) is 9.14. The third-order valence-electron chi connectivity index (χ3n) is 7.18. The molecule has 0 aromatic carbocycles. The lowest BCUT2D eigenvalue weighted by Crippen LogP contribution is -2.68. The number of carbonyl (C=O) groups excluding carboxylic acids is 1. The number of aliphatic hydroxyl groups excluding tert-OH is 1. The van der Waals surface area contributed by atoms with Crippen LogP contribution in [-0.4, -0.2) is 35.0 Å². The van der Waals surface area contributed by atoms with E-state index in [2.05, 4.69) is 19.6 Å². The topological polar surface area (TPSA) is 65.0 Å². The standard InChI is InChI=1S/C20H24O5/c1-9(2)12-5-6-19-8-23-20(25-24-19)11(4)18(22)14-16(20)15(19)13(12)7-10(3)17(14)21/h7,11-13,15,18,22H,1,5-6,8H2,2-4H3/t11-,12-,13-,15-,18+,19+,20+/m1/s1. The zero-order chi connectivity index (χ0) is 17.7. The molecule has 5 heteroatoms. The molecule has 3 heterocycles. The molecule has 6 rings (SSSR count). The highest BCUT2D eigenvalue weighted by molar-refractivity contribution is 6.10. The van der Waals surface area contributed by atoms with Gasteiger partial charge in [0, 0.05) is 23.0 Å². The van der Waals surface area contributed by atoms with Gasteiger partial charge in [-0.3, -0.25) is 4.79 Å². The van der Waals surface area contributed by atoms with E-state index < -0.39 is 17.5 Å². The van der Waals surface area contributed by atoms with E-state index in [1.165, 1.54) is 0 Å². The molecule has 0 unspecified atom stereocenters. The van der Waals surface area contributed by atoms with Gasteiger partial charge >= 0.3 is 0 Å². The summed E-state index contributed by atoms with van der Waals surface area (Å²) in [5.41, 5.74) is 2.55. The predicted octanol–water partition coefficient (Wildman–Crippen LogP) is 2.47. The van der Waals surface area contributed by atoms with Crippen molar-refractivity contribution in [2.24, 2.45) is 23.7 Å². The average molecular weight is 344 g/mol. The van der Waals surface area contributed by atoms with Crippen molar-refractivity contribution in [1.29, 1.82) is 0 Å². The van der Waals surface area contributed by atoms with Crippen LogP contribution in [-0.2, 0) is 19.3 Å². The van der Waals surface area contributed by atoms with Crippen LogP contribution in [0.15, 0.2) is 34.9 Å². The normalized spacial score (nSPS) is 50.5. The molecular weight excluding hydrogens is 320 g/mol. The number of ketones is 1. The number of hydrogen-bond donors (Lipinski definition) is 1. The second-order valence-electron chi connectivity index (χ2n) is 8.47. The lowest BCUT2D eigenvalue weighted by Gasteiger charge is -2.61. The van der Waals surface area contributed by atoms with E-state index in [1.54, 1.807) is 0 Å². The summed E-state index contributed by atoms with van der Waals surface area (Å²) in [7, 11) is 0. The Kier molecular flexibility index (Phi) is 3.00. The van der Waals surface area contributed by atoms with Crippen molar-refractivity contribution in [2.45, 2.75) is 51.1 Å². The first kappa shape index (κ1) is 15.9. The molecule has 4 fully saturated rings. The summed E-state index contributed by atoms with van der Waals surface area (Å²) >= 11 is 0. The third-order valence-corrected chi connectivity index (χ3v) is 7.18. The molecule has 2 bridgehead atoms. The molecule has 2 spiro atoms. The molecule has 3 aliphatic carbocycles. The first-order chi connectivity index (χ1) is 11.8. The predicted molar refractivity (Wildman–Crippen MR) is 89.1 cm³/mol. The van der Waals surface area contributed by atoms with Gasteiger partial charge in [-0.2, -0.15) is 4.89 Å². The lowest BCUT2D eigenvalue weighted by atomic mass is 9.58.